The van der Waals surface area contributed by atoms with E-state index in [1.807, 2.05) is 25.1 Å². The molecule has 0 amide bonds. The largest absolute Gasteiger partial charge is 0.493 e. The van der Waals surface area contributed by atoms with Gasteiger partial charge in [-0.1, -0.05) is 0 Å². The van der Waals surface area contributed by atoms with Crippen LogP contribution in [0.4, 0.5) is 17.8 Å². The van der Waals surface area contributed by atoms with Gasteiger partial charge in [0.1, 0.15) is 0 Å². The molecule has 0 saturated carbocycles. The molecule has 1 N–H and O–H groups in total. The Morgan fingerprint density at radius 2 is 1.53 bits per heavy atom. The van der Waals surface area contributed by atoms with E-state index in [1.165, 1.54) is 38.5 Å². The highest BCUT2D eigenvalue weighted by molar-refractivity contribution is 5.81. The maximum atomic E-state index is 5.58. The third kappa shape index (κ3) is 5.57. The van der Waals surface area contributed by atoms with Crippen molar-refractivity contribution in [2.24, 2.45) is 5.10 Å². The molecule has 32 heavy (non-hydrogen) atoms. The molecule has 3 heterocycles. The molecule has 2 fully saturated rings. The van der Waals surface area contributed by atoms with Crippen molar-refractivity contribution in [3.8, 4) is 11.5 Å². The predicted octanol–water partition coefficient (Wildman–Crippen LogP) is 3.71. The van der Waals surface area contributed by atoms with E-state index in [1.54, 1.807) is 13.3 Å². The van der Waals surface area contributed by atoms with Gasteiger partial charge in [-0.2, -0.15) is 20.1 Å². The predicted molar refractivity (Wildman–Crippen MR) is 127 cm³/mol. The van der Waals surface area contributed by atoms with E-state index in [4.69, 9.17) is 14.5 Å². The molecule has 0 aliphatic carbocycles. The summed E-state index contributed by atoms with van der Waals surface area (Å²) in [5.41, 5.74) is 3.90. The van der Waals surface area contributed by atoms with Crippen LogP contribution in [0.3, 0.4) is 0 Å². The molecular weight excluding hydrogens is 406 g/mol. The number of nitrogens with zero attached hydrogens (tertiary/aromatic N) is 6. The minimum absolute atomic E-state index is 0.468. The number of hydrogen-bond acceptors (Lipinski definition) is 9. The van der Waals surface area contributed by atoms with Crippen molar-refractivity contribution in [2.75, 3.05) is 55.1 Å². The zero-order valence-corrected chi connectivity index (χ0v) is 19.1. The van der Waals surface area contributed by atoms with E-state index in [2.05, 4.69) is 30.3 Å². The monoisotopic (exact) mass is 439 g/mol. The molecule has 0 bridgehead atoms. The Morgan fingerprint density at radius 1 is 0.906 bits per heavy atom. The summed E-state index contributed by atoms with van der Waals surface area (Å²) in [6.07, 6.45) is 8.94. The van der Waals surface area contributed by atoms with Crippen molar-refractivity contribution in [1.29, 1.82) is 0 Å². The number of ether oxygens (including phenoxy) is 2. The first kappa shape index (κ1) is 22.1. The number of piperidine rings is 2. The fourth-order valence-corrected chi connectivity index (χ4v) is 4.08. The third-order valence-corrected chi connectivity index (χ3v) is 5.76. The van der Waals surface area contributed by atoms with Crippen molar-refractivity contribution in [3.05, 3.63) is 23.8 Å². The van der Waals surface area contributed by atoms with Gasteiger partial charge in [-0.3, -0.25) is 0 Å². The maximum absolute atomic E-state index is 5.58. The van der Waals surface area contributed by atoms with Crippen LogP contribution in [0.1, 0.15) is 51.0 Å². The molecule has 0 spiro atoms. The number of anilines is 3. The lowest BCUT2D eigenvalue weighted by Crippen LogP contribution is -2.34. The van der Waals surface area contributed by atoms with E-state index in [-0.39, 0.29) is 0 Å². The SMILES string of the molecule is CCOc1ccc(C=NNc2nc(N3CCCCC3)nc(N3CCCCC3)n2)cc1OC. The summed E-state index contributed by atoms with van der Waals surface area (Å²) in [5.74, 6) is 3.34. The number of hydrogen-bond donors (Lipinski definition) is 1. The first-order valence-corrected chi connectivity index (χ1v) is 11.6. The molecule has 0 radical (unpaired) electrons. The van der Waals surface area contributed by atoms with E-state index >= 15 is 0 Å². The van der Waals surface area contributed by atoms with E-state index < -0.39 is 0 Å². The van der Waals surface area contributed by atoms with Crippen molar-refractivity contribution >= 4 is 24.1 Å². The first-order chi connectivity index (χ1) is 15.8. The Balaban J connectivity index is 1.52. The second kappa shape index (κ2) is 11.0. The summed E-state index contributed by atoms with van der Waals surface area (Å²) in [7, 11) is 1.63. The normalized spacial score (nSPS) is 16.9. The lowest BCUT2D eigenvalue weighted by Gasteiger charge is -2.30. The Bertz CT molecular complexity index is 873. The van der Waals surface area contributed by atoms with Crippen molar-refractivity contribution in [3.63, 3.8) is 0 Å². The zero-order chi connectivity index (χ0) is 22.2. The van der Waals surface area contributed by atoms with Gasteiger partial charge in [-0.25, -0.2) is 5.43 Å². The van der Waals surface area contributed by atoms with Crippen LogP contribution < -0.4 is 24.7 Å². The summed E-state index contributed by atoms with van der Waals surface area (Å²) in [6.45, 7) is 6.47. The highest BCUT2D eigenvalue weighted by atomic mass is 16.5. The fourth-order valence-electron chi connectivity index (χ4n) is 4.08. The number of methoxy groups -OCH3 is 1. The lowest BCUT2D eigenvalue weighted by atomic mass is 10.1. The van der Waals surface area contributed by atoms with Crippen LogP contribution in [0.2, 0.25) is 0 Å². The Kier molecular flexibility index (Phi) is 7.58. The zero-order valence-electron chi connectivity index (χ0n) is 19.1. The van der Waals surface area contributed by atoms with Crippen LogP contribution in [-0.4, -0.2) is 61.1 Å². The molecule has 0 unspecified atom stereocenters. The minimum Gasteiger partial charge on any atom is -0.493 e. The van der Waals surface area contributed by atoms with Crippen LogP contribution in [0.5, 0.6) is 11.5 Å². The van der Waals surface area contributed by atoms with E-state index in [0.29, 0.717) is 18.3 Å². The van der Waals surface area contributed by atoms with Gasteiger partial charge in [-0.15, -0.1) is 0 Å². The Labute approximate surface area is 189 Å². The van der Waals surface area contributed by atoms with Crippen LogP contribution in [0, 0.1) is 0 Å². The van der Waals surface area contributed by atoms with Gasteiger partial charge in [0, 0.05) is 26.2 Å². The molecule has 2 aliphatic heterocycles. The van der Waals surface area contributed by atoms with Crippen LogP contribution in [0.15, 0.2) is 23.3 Å². The first-order valence-electron chi connectivity index (χ1n) is 11.6. The summed E-state index contributed by atoms with van der Waals surface area (Å²) >= 11 is 0. The van der Waals surface area contributed by atoms with Gasteiger partial charge in [0.2, 0.25) is 17.8 Å². The second-order valence-electron chi connectivity index (χ2n) is 8.07. The number of aromatic nitrogens is 3. The topological polar surface area (TPSA) is 88.0 Å². The quantitative estimate of drug-likeness (QED) is 0.492. The average molecular weight is 440 g/mol. The van der Waals surface area contributed by atoms with Gasteiger partial charge in [0.05, 0.1) is 19.9 Å². The summed E-state index contributed by atoms with van der Waals surface area (Å²) in [6, 6.07) is 5.71. The molecule has 4 rings (SSSR count). The molecule has 1 aromatic carbocycles. The molecule has 0 atom stereocenters. The molecule has 1 aromatic heterocycles. The summed E-state index contributed by atoms with van der Waals surface area (Å²) in [5, 5.41) is 4.37. The Hall–Kier alpha value is -3.10. The molecule has 172 valence electrons. The lowest BCUT2D eigenvalue weighted by molar-refractivity contribution is 0.311. The van der Waals surface area contributed by atoms with Gasteiger partial charge in [0.15, 0.2) is 11.5 Å². The molecule has 9 nitrogen and oxygen atoms in total. The van der Waals surface area contributed by atoms with E-state index in [0.717, 1.165) is 49.4 Å². The molecule has 9 heteroatoms. The minimum atomic E-state index is 0.468. The molecule has 2 aromatic rings. The van der Waals surface area contributed by atoms with Crippen LogP contribution >= 0.6 is 0 Å². The summed E-state index contributed by atoms with van der Waals surface area (Å²) in [4.78, 5) is 18.6. The van der Waals surface area contributed by atoms with Crippen LogP contribution in [0.25, 0.3) is 0 Å². The Morgan fingerprint density at radius 3 is 2.09 bits per heavy atom. The molecule has 2 saturated heterocycles. The molecule has 2 aliphatic rings. The highest BCUT2D eigenvalue weighted by Gasteiger charge is 2.20. The van der Waals surface area contributed by atoms with Gasteiger partial charge < -0.3 is 19.3 Å². The standard InChI is InChI=1S/C23H33N7O2/c1-3-32-19-11-10-18(16-20(19)31-2)17-24-28-21-25-22(29-12-6-4-7-13-29)27-23(26-21)30-14-8-5-9-15-30/h10-11,16-17H,3-9,12-15H2,1-2H3,(H,25,26,27,28). The fraction of sp³-hybridized carbons (Fsp3) is 0.565. The summed E-state index contributed by atoms with van der Waals surface area (Å²) < 4.78 is 11.0. The van der Waals surface area contributed by atoms with Gasteiger partial charge in [-0.05, 0) is 69.2 Å². The second-order valence-corrected chi connectivity index (χ2v) is 8.07. The smallest absolute Gasteiger partial charge is 0.250 e. The van der Waals surface area contributed by atoms with Crippen molar-refractivity contribution < 1.29 is 9.47 Å². The number of benzene rings is 1. The van der Waals surface area contributed by atoms with Gasteiger partial charge >= 0.3 is 0 Å². The number of nitrogens with one attached hydrogen (secondary N) is 1. The molecular formula is C23H33N7O2. The van der Waals surface area contributed by atoms with Crippen molar-refractivity contribution in [1.82, 2.24) is 15.0 Å². The maximum Gasteiger partial charge on any atom is 0.250 e. The third-order valence-electron chi connectivity index (χ3n) is 5.76. The number of rotatable bonds is 8. The van der Waals surface area contributed by atoms with Gasteiger partial charge in [0.25, 0.3) is 0 Å². The average Bonchev–Trinajstić information content (AvgIpc) is 2.86. The van der Waals surface area contributed by atoms with Crippen LogP contribution in [-0.2, 0) is 0 Å². The highest BCUT2D eigenvalue weighted by Crippen LogP contribution is 2.27. The van der Waals surface area contributed by atoms with Crippen molar-refractivity contribution in [2.45, 2.75) is 45.4 Å². The van der Waals surface area contributed by atoms with E-state index in [9.17, 15) is 0 Å². The number of hydrazone groups is 1.